The molecule has 8 heteroatoms. The molecule has 3 aromatic carbocycles. The second kappa shape index (κ2) is 10.1. The average molecular weight is 514 g/mol. The molecule has 1 saturated heterocycles. The minimum Gasteiger partial charge on any atom is -0.507 e. The Morgan fingerprint density at radius 3 is 2.40 bits per heavy atom. The van der Waals surface area contributed by atoms with Crippen molar-refractivity contribution in [2.45, 2.75) is 26.3 Å². The fraction of sp³-hybridized carbons (Fsp3) is 0.185. The number of carbonyl (C=O) groups excluding carboxylic acids is 2. The maximum absolute atomic E-state index is 13.8. The van der Waals surface area contributed by atoms with Gasteiger partial charge in [0.05, 0.1) is 23.2 Å². The molecule has 1 aliphatic rings. The van der Waals surface area contributed by atoms with Gasteiger partial charge in [-0.25, -0.2) is 4.39 Å². The van der Waals surface area contributed by atoms with Gasteiger partial charge in [0.15, 0.2) is 0 Å². The van der Waals surface area contributed by atoms with Gasteiger partial charge in [-0.1, -0.05) is 42.3 Å². The fourth-order valence-electron chi connectivity index (χ4n) is 4.02. The maximum Gasteiger partial charge on any atom is 0.300 e. The number of rotatable bonds is 6. The highest BCUT2D eigenvalue weighted by Gasteiger charge is 2.47. The van der Waals surface area contributed by atoms with Crippen molar-refractivity contribution in [3.05, 3.63) is 98.8 Å². The Hall–Kier alpha value is -3.35. The van der Waals surface area contributed by atoms with Gasteiger partial charge in [-0.15, -0.1) is 0 Å². The van der Waals surface area contributed by atoms with Crippen molar-refractivity contribution in [2.75, 3.05) is 11.5 Å². The van der Waals surface area contributed by atoms with Crippen LogP contribution in [-0.4, -0.2) is 23.4 Å². The largest absolute Gasteiger partial charge is 0.507 e. The molecule has 0 aliphatic carbocycles. The van der Waals surface area contributed by atoms with Crippen molar-refractivity contribution in [3.8, 4) is 5.75 Å². The number of ether oxygens (including phenoxy) is 1. The minimum absolute atomic E-state index is 0.0978. The Balaban J connectivity index is 1.88. The summed E-state index contributed by atoms with van der Waals surface area (Å²) in [6.45, 7) is 4.38. The number of amides is 1. The number of halogens is 3. The average Bonchev–Trinajstić information content (AvgIpc) is 3.10. The van der Waals surface area contributed by atoms with Gasteiger partial charge in [-0.05, 0) is 73.0 Å². The summed E-state index contributed by atoms with van der Waals surface area (Å²) in [4.78, 5) is 27.6. The predicted octanol–water partition coefficient (Wildman–Crippen LogP) is 6.86. The van der Waals surface area contributed by atoms with Crippen molar-refractivity contribution in [3.63, 3.8) is 0 Å². The van der Waals surface area contributed by atoms with E-state index in [2.05, 4.69) is 0 Å². The molecule has 0 saturated carbocycles. The third-order valence-corrected chi connectivity index (χ3v) is 6.26. The van der Waals surface area contributed by atoms with Crippen LogP contribution in [0.5, 0.6) is 5.75 Å². The number of aliphatic hydroxyl groups excluding tert-OH is 1. The first-order valence-corrected chi connectivity index (χ1v) is 11.7. The summed E-state index contributed by atoms with van der Waals surface area (Å²) in [6, 6.07) is 14.4. The van der Waals surface area contributed by atoms with E-state index in [0.717, 1.165) is 18.1 Å². The summed E-state index contributed by atoms with van der Waals surface area (Å²) in [5, 5.41) is 11.5. The van der Waals surface area contributed by atoms with Gasteiger partial charge < -0.3 is 9.84 Å². The van der Waals surface area contributed by atoms with Crippen molar-refractivity contribution in [1.29, 1.82) is 0 Å². The summed E-state index contributed by atoms with van der Waals surface area (Å²) in [5.41, 5.74) is 1.79. The summed E-state index contributed by atoms with van der Waals surface area (Å²) < 4.78 is 19.5. The zero-order valence-electron chi connectivity index (χ0n) is 19.0. The lowest BCUT2D eigenvalue weighted by Gasteiger charge is -2.25. The van der Waals surface area contributed by atoms with Gasteiger partial charge in [0.1, 0.15) is 17.3 Å². The SMILES string of the molecule is CCCOc1ccc(/C(O)=C2\C(=O)C(=O)N(c3ccc(F)c(Cl)c3)C2c2ccc(Cl)cc2)cc1C. The Labute approximate surface area is 212 Å². The van der Waals surface area contributed by atoms with Crippen LogP contribution in [-0.2, 0) is 9.59 Å². The zero-order valence-corrected chi connectivity index (χ0v) is 20.5. The van der Waals surface area contributed by atoms with E-state index in [1.807, 2.05) is 13.8 Å². The van der Waals surface area contributed by atoms with Crippen LogP contribution >= 0.6 is 23.2 Å². The van der Waals surface area contributed by atoms with Gasteiger partial charge in [-0.2, -0.15) is 0 Å². The van der Waals surface area contributed by atoms with Crippen LogP contribution in [0.3, 0.4) is 0 Å². The standard InChI is InChI=1S/C27H22Cl2FNO4/c1-3-12-35-22-11-6-17(13-15(22)2)25(32)23-24(16-4-7-18(28)8-5-16)31(27(34)26(23)33)19-9-10-21(30)20(29)14-19/h4-11,13-14,24,32H,3,12H2,1-2H3/b25-23+. The highest BCUT2D eigenvalue weighted by Crippen LogP contribution is 2.43. The number of anilines is 1. The monoisotopic (exact) mass is 513 g/mol. The zero-order chi connectivity index (χ0) is 25.3. The Morgan fingerprint density at radius 2 is 1.77 bits per heavy atom. The normalized spacial score (nSPS) is 17.2. The number of carbonyl (C=O) groups is 2. The summed E-state index contributed by atoms with van der Waals surface area (Å²) >= 11 is 12.0. The second-order valence-corrected chi connectivity index (χ2v) is 8.99. The summed E-state index contributed by atoms with van der Waals surface area (Å²) in [6.07, 6.45) is 0.846. The molecule has 1 heterocycles. The van der Waals surface area contributed by atoms with E-state index in [-0.39, 0.29) is 22.0 Å². The highest BCUT2D eigenvalue weighted by molar-refractivity contribution is 6.51. The number of aryl methyl sites for hydroxylation is 1. The van der Waals surface area contributed by atoms with Gasteiger partial charge >= 0.3 is 0 Å². The molecule has 1 atom stereocenters. The molecular weight excluding hydrogens is 492 g/mol. The van der Waals surface area contributed by atoms with E-state index in [4.69, 9.17) is 27.9 Å². The number of benzene rings is 3. The van der Waals surface area contributed by atoms with E-state index in [9.17, 15) is 19.1 Å². The molecular formula is C27H22Cl2FNO4. The Kier molecular flexibility index (Phi) is 7.15. The number of hydrogen-bond donors (Lipinski definition) is 1. The number of hydrogen-bond acceptors (Lipinski definition) is 4. The fourth-order valence-corrected chi connectivity index (χ4v) is 4.32. The van der Waals surface area contributed by atoms with E-state index in [1.54, 1.807) is 42.5 Å². The van der Waals surface area contributed by atoms with E-state index in [0.29, 0.717) is 28.5 Å². The maximum atomic E-state index is 13.8. The summed E-state index contributed by atoms with van der Waals surface area (Å²) in [7, 11) is 0. The number of nitrogens with zero attached hydrogens (tertiary/aromatic N) is 1. The Bertz CT molecular complexity index is 1340. The van der Waals surface area contributed by atoms with E-state index < -0.39 is 23.5 Å². The lowest BCUT2D eigenvalue weighted by molar-refractivity contribution is -0.132. The lowest BCUT2D eigenvalue weighted by Crippen LogP contribution is -2.29. The third-order valence-electron chi connectivity index (χ3n) is 5.72. The first-order valence-electron chi connectivity index (χ1n) is 11.0. The molecule has 3 aromatic rings. The van der Waals surface area contributed by atoms with Crippen molar-refractivity contribution in [1.82, 2.24) is 0 Å². The van der Waals surface area contributed by atoms with Crippen molar-refractivity contribution in [2.24, 2.45) is 0 Å². The van der Waals surface area contributed by atoms with Crippen LogP contribution in [0.1, 0.15) is 36.1 Å². The number of aliphatic hydroxyl groups is 1. The first kappa shape index (κ1) is 24.8. The molecule has 1 N–H and O–H groups in total. The molecule has 0 aromatic heterocycles. The molecule has 1 aliphatic heterocycles. The number of Topliss-reactive ketones (excluding diaryl/α,β-unsaturated/α-hetero) is 1. The van der Waals surface area contributed by atoms with Crippen LogP contribution in [0, 0.1) is 12.7 Å². The van der Waals surface area contributed by atoms with E-state index >= 15 is 0 Å². The highest BCUT2D eigenvalue weighted by atomic mass is 35.5. The molecule has 5 nitrogen and oxygen atoms in total. The second-order valence-electron chi connectivity index (χ2n) is 8.15. The van der Waals surface area contributed by atoms with E-state index in [1.165, 1.54) is 17.0 Å². The minimum atomic E-state index is -0.981. The van der Waals surface area contributed by atoms with Crippen LogP contribution in [0.4, 0.5) is 10.1 Å². The molecule has 0 bridgehead atoms. The topological polar surface area (TPSA) is 66.8 Å². The Morgan fingerprint density at radius 1 is 1.06 bits per heavy atom. The molecule has 0 spiro atoms. The number of ketones is 1. The molecule has 1 fully saturated rings. The van der Waals surface area contributed by atoms with Crippen molar-refractivity contribution >= 4 is 46.3 Å². The molecule has 180 valence electrons. The molecule has 1 unspecified atom stereocenters. The van der Waals surface area contributed by atoms with Gasteiger partial charge in [0.25, 0.3) is 11.7 Å². The molecule has 1 amide bonds. The first-order chi connectivity index (χ1) is 16.7. The van der Waals surface area contributed by atoms with Gasteiger partial charge in [0, 0.05) is 16.3 Å². The lowest BCUT2D eigenvalue weighted by atomic mass is 9.94. The smallest absolute Gasteiger partial charge is 0.300 e. The quantitative estimate of drug-likeness (QED) is 0.222. The molecule has 4 rings (SSSR count). The van der Waals surface area contributed by atoms with Crippen LogP contribution < -0.4 is 9.64 Å². The predicted molar refractivity (Wildman–Crippen MR) is 135 cm³/mol. The van der Waals surface area contributed by atoms with Crippen molar-refractivity contribution < 1.29 is 23.8 Å². The summed E-state index contributed by atoms with van der Waals surface area (Å²) in [5.74, 6) is -2.06. The molecule has 35 heavy (non-hydrogen) atoms. The third kappa shape index (κ3) is 4.77. The van der Waals surface area contributed by atoms with Crippen LogP contribution in [0.25, 0.3) is 5.76 Å². The van der Waals surface area contributed by atoms with Gasteiger partial charge in [0.2, 0.25) is 0 Å². The van der Waals surface area contributed by atoms with Crippen LogP contribution in [0.2, 0.25) is 10.0 Å². The van der Waals surface area contributed by atoms with Crippen LogP contribution in [0.15, 0.2) is 66.2 Å². The van der Waals surface area contributed by atoms with Gasteiger partial charge in [-0.3, -0.25) is 14.5 Å². The molecule has 0 radical (unpaired) electrons.